The largest absolute Gasteiger partial charge is 0.490 e. The Morgan fingerprint density at radius 1 is 1.20 bits per heavy atom. The molecule has 1 N–H and O–H groups in total. The number of halogens is 1. The fraction of sp³-hybridized carbons (Fsp3) is 0.227. The lowest BCUT2D eigenvalue weighted by Gasteiger charge is -2.15. The summed E-state index contributed by atoms with van der Waals surface area (Å²) < 4.78 is 12.5. The Morgan fingerprint density at radius 2 is 1.97 bits per heavy atom. The number of amides is 3. The number of hydrogen-bond donors (Lipinski definition) is 1. The summed E-state index contributed by atoms with van der Waals surface area (Å²) in [6.45, 7) is 4.57. The molecule has 1 saturated heterocycles. The van der Waals surface area contributed by atoms with Gasteiger partial charge < -0.3 is 14.8 Å². The monoisotopic (exact) mass is 517 g/mol. The van der Waals surface area contributed by atoms with Crippen LogP contribution in [0.2, 0.25) is 0 Å². The Labute approximate surface area is 188 Å². The van der Waals surface area contributed by atoms with Crippen LogP contribution in [0.15, 0.2) is 42.1 Å². The summed E-state index contributed by atoms with van der Waals surface area (Å²) in [6.07, 6.45) is 1.62. The quantitative estimate of drug-likeness (QED) is 0.340. The van der Waals surface area contributed by atoms with Gasteiger partial charge in [-0.2, -0.15) is 5.26 Å². The molecule has 3 amide bonds. The first kappa shape index (κ1) is 21.6. The minimum absolute atomic E-state index is 0.219. The number of ether oxygens (including phenoxy) is 2. The number of imide groups is 1. The number of benzene rings is 2. The predicted octanol–water partition coefficient (Wildman–Crippen LogP) is 4.05. The smallest absolute Gasteiger partial charge is 0.328 e. The first-order valence-corrected chi connectivity index (χ1v) is 10.5. The van der Waals surface area contributed by atoms with Crippen LogP contribution in [0.3, 0.4) is 0 Å². The minimum Gasteiger partial charge on any atom is -0.490 e. The van der Waals surface area contributed by atoms with Crippen molar-refractivity contribution >= 4 is 40.6 Å². The van der Waals surface area contributed by atoms with Crippen molar-refractivity contribution in [2.75, 3.05) is 13.2 Å². The molecular formula is C22H20IN3O4. The molecule has 3 rings (SSSR count). The lowest BCUT2D eigenvalue weighted by atomic mass is 10.1. The molecule has 0 aromatic heterocycles. The third-order valence-electron chi connectivity index (χ3n) is 4.43. The van der Waals surface area contributed by atoms with Crippen LogP contribution < -0.4 is 14.8 Å². The van der Waals surface area contributed by atoms with E-state index in [2.05, 4.69) is 34.0 Å². The number of carbonyl (C=O) groups excluding carboxylic acids is 2. The van der Waals surface area contributed by atoms with Gasteiger partial charge >= 0.3 is 6.03 Å². The molecular weight excluding hydrogens is 497 g/mol. The molecule has 154 valence electrons. The number of nitriles is 1. The van der Waals surface area contributed by atoms with Crippen LogP contribution in [-0.4, -0.2) is 30.0 Å². The van der Waals surface area contributed by atoms with E-state index in [1.54, 1.807) is 25.1 Å². The summed E-state index contributed by atoms with van der Waals surface area (Å²) in [4.78, 5) is 25.3. The third-order valence-corrected chi connectivity index (χ3v) is 5.23. The highest BCUT2D eigenvalue weighted by atomic mass is 127. The zero-order chi connectivity index (χ0) is 21.7. The number of urea groups is 1. The average molecular weight is 517 g/mol. The van der Waals surface area contributed by atoms with Crippen LogP contribution in [-0.2, 0) is 11.4 Å². The van der Waals surface area contributed by atoms with Gasteiger partial charge in [-0.15, -0.1) is 0 Å². The van der Waals surface area contributed by atoms with Crippen LogP contribution >= 0.6 is 22.6 Å². The molecule has 1 heterocycles. The van der Waals surface area contributed by atoms with Crippen molar-refractivity contribution in [1.29, 1.82) is 5.26 Å². The molecule has 30 heavy (non-hydrogen) atoms. The van der Waals surface area contributed by atoms with E-state index in [9.17, 15) is 14.9 Å². The fourth-order valence-electron chi connectivity index (χ4n) is 3.00. The maximum Gasteiger partial charge on any atom is 0.328 e. The van der Waals surface area contributed by atoms with Crippen molar-refractivity contribution in [3.8, 4) is 17.6 Å². The summed E-state index contributed by atoms with van der Waals surface area (Å²) in [7, 11) is 0. The van der Waals surface area contributed by atoms with Crippen molar-refractivity contribution in [1.82, 2.24) is 10.2 Å². The molecule has 0 atom stereocenters. The number of hydrogen-bond acceptors (Lipinski definition) is 5. The summed E-state index contributed by atoms with van der Waals surface area (Å²) in [5, 5.41) is 11.9. The average Bonchev–Trinajstić information content (AvgIpc) is 3.00. The zero-order valence-corrected chi connectivity index (χ0v) is 18.7. The Balaban J connectivity index is 1.89. The maximum atomic E-state index is 12.3. The highest BCUT2D eigenvalue weighted by Gasteiger charge is 2.32. The molecule has 2 aromatic carbocycles. The van der Waals surface area contributed by atoms with Gasteiger partial charge in [-0.05, 0) is 66.3 Å². The molecule has 0 aliphatic carbocycles. The number of carbonyl (C=O) groups is 2. The second kappa shape index (κ2) is 9.63. The number of nitrogens with zero attached hydrogens (tertiary/aromatic N) is 2. The van der Waals surface area contributed by atoms with Gasteiger partial charge in [0.1, 0.15) is 12.3 Å². The van der Waals surface area contributed by atoms with E-state index in [0.717, 1.165) is 14.0 Å². The van der Waals surface area contributed by atoms with Crippen molar-refractivity contribution in [2.24, 2.45) is 0 Å². The van der Waals surface area contributed by atoms with Crippen LogP contribution in [0, 0.1) is 14.9 Å². The lowest BCUT2D eigenvalue weighted by molar-refractivity contribution is -0.122. The van der Waals surface area contributed by atoms with Crippen LogP contribution in [0.25, 0.3) is 6.08 Å². The normalized spacial score (nSPS) is 14.6. The molecule has 0 saturated carbocycles. The van der Waals surface area contributed by atoms with E-state index in [0.29, 0.717) is 35.8 Å². The van der Waals surface area contributed by atoms with Gasteiger partial charge in [0.25, 0.3) is 5.91 Å². The Morgan fingerprint density at radius 3 is 2.63 bits per heavy atom. The lowest BCUT2D eigenvalue weighted by Crippen LogP contribution is -2.30. The summed E-state index contributed by atoms with van der Waals surface area (Å²) >= 11 is 2.14. The second-order valence-electron chi connectivity index (χ2n) is 6.36. The van der Waals surface area contributed by atoms with E-state index in [1.807, 2.05) is 31.2 Å². The van der Waals surface area contributed by atoms with Gasteiger partial charge in [-0.25, -0.2) is 4.79 Å². The van der Waals surface area contributed by atoms with E-state index in [4.69, 9.17) is 9.47 Å². The second-order valence-corrected chi connectivity index (χ2v) is 7.52. The first-order valence-electron chi connectivity index (χ1n) is 9.40. The molecule has 0 spiro atoms. The molecule has 0 bridgehead atoms. The van der Waals surface area contributed by atoms with Crippen molar-refractivity contribution in [2.45, 2.75) is 20.5 Å². The van der Waals surface area contributed by atoms with Gasteiger partial charge in [-0.3, -0.25) is 9.69 Å². The standard InChI is InChI=1S/C22H20IN3O4/c1-3-26-21(27)18(25-22(26)28)10-14-9-17(23)20(19(11-14)29-4-2)30-13-16-8-6-5-7-15(16)12-24/h5-11H,3-4,13H2,1-2H3,(H,25,28)/b18-10+. The van der Waals surface area contributed by atoms with E-state index < -0.39 is 6.03 Å². The van der Waals surface area contributed by atoms with Gasteiger partial charge in [0.05, 0.1) is 21.8 Å². The van der Waals surface area contributed by atoms with Gasteiger partial charge in [0, 0.05) is 12.1 Å². The van der Waals surface area contributed by atoms with E-state index in [1.165, 1.54) is 0 Å². The van der Waals surface area contributed by atoms with Gasteiger partial charge in [0.2, 0.25) is 0 Å². The minimum atomic E-state index is -0.426. The highest BCUT2D eigenvalue weighted by Crippen LogP contribution is 2.36. The fourth-order valence-corrected chi connectivity index (χ4v) is 3.79. The third kappa shape index (κ3) is 4.57. The van der Waals surface area contributed by atoms with Crippen molar-refractivity contribution in [3.63, 3.8) is 0 Å². The molecule has 0 unspecified atom stereocenters. The highest BCUT2D eigenvalue weighted by molar-refractivity contribution is 14.1. The van der Waals surface area contributed by atoms with Crippen molar-refractivity contribution in [3.05, 3.63) is 62.4 Å². The maximum absolute atomic E-state index is 12.3. The van der Waals surface area contributed by atoms with Crippen molar-refractivity contribution < 1.29 is 19.1 Å². The Bertz CT molecular complexity index is 1060. The summed E-state index contributed by atoms with van der Waals surface area (Å²) in [5.41, 5.74) is 2.26. The molecule has 1 aliphatic rings. The summed E-state index contributed by atoms with van der Waals surface area (Å²) in [5.74, 6) is 0.725. The first-order chi connectivity index (χ1) is 14.5. The number of nitrogens with one attached hydrogen (secondary N) is 1. The molecule has 8 heteroatoms. The molecule has 7 nitrogen and oxygen atoms in total. The molecule has 1 aliphatic heterocycles. The topological polar surface area (TPSA) is 91.7 Å². The molecule has 2 aromatic rings. The zero-order valence-electron chi connectivity index (χ0n) is 16.6. The molecule has 0 radical (unpaired) electrons. The van der Waals surface area contributed by atoms with Gasteiger partial charge in [0.15, 0.2) is 11.5 Å². The summed E-state index contributed by atoms with van der Waals surface area (Å²) in [6, 6.07) is 12.6. The number of likely N-dealkylation sites (N-methyl/N-ethyl adjacent to an activating group) is 1. The predicted molar refractivity (Wildman–Crippen MR) is 120 cm³/mol. The van der Waals surface area contributed by atoms with Crippen LogP contribution in [0.1, 0.15) is 30.5 Å². The van der Waals surface area contributed by atoms with Crippen LogP contribution in [0.4, 0.5) is 4.79 Å². The Kier molecular flexibility index (Phi) is 6.95. The Hall–Kier alpha value is -3.06. The van der Waals surface area contributed by atoms with Crippen LogP contribution in [0.5, 0.6) is 11.5 Å². The SMILES string of the molecule is CCOc1cc(/C=C2/NC(=O)N(CC)C2=O)cc(I)c1OCc1ccccc1C#N. The van der Waals surface area contributed by atoms with E-state index >= 15 is 0 Å². The molecule has 1 fully saturated rings. The van der Waals surface area contributed by atoms with E-state index in [-0.39, 0.29) is 18.2 Å². The van der Waals surface area contributed by atoms with Gasteiger partial charge in [-0.1, -0.05) is 18.2 Å². The number of rotatable bonds is 7.